The van der Waals surface area contributed by atoms with Crippen LogP contribution in [-0.2, 0) is 47.6 Å². The summed E-state index contributed by atoms with van der Waals surface area (Å²) in [6.07, 6.45) is -11.9. The molecule has 0 radical (unpaired) electrons. The molecule has 10 rings (SSSR count). The molecular formula is C41H28O28. The van der Waals surface area contributed by atoms with Gasteiger partial charge in [0.25, 0.3) is 11.6 Å². The van der Waals surface area contributed by atoms with E-state index in [2.05, 4.69) is 0 Å². The molecule has 9 atom stereocenters. The molecule has 360 valence electrons. The fourth-order valence-electron chi connectivity index (χ4n) is 9.07. The van der Waals surface area contributed by atoms with Crippen LogP contribution < -0.4 is 9.47 Å². The number of phenolic OH excluding ortho intramolecular Hbond substituents is 7. The molecule has 1 saturated heterocycles. The van der Waals surface area contributed by atoms with E-state index in [0.29, 0.717) is 30.3 Å². The number of aliphatic hydroxyl groups is 6. The quantitative estimate of drug-likeness (QED) is 0.0506. The van der Waals surface area contributed by atoms with E-state index in [-0.39, 0.29) is 6.08 Å². The van der Waals surface area contributed by atoms with E-state index in [1.54, 1.807) is 0 Å². The number of hydrogen-bond donors (Lipinski definition) is 13. The molecule has 13 N–H and O–H groups in total. The van der Waals surface area contributed by atoms with Gasteiger partial charge in [-0.05, 0) is 36.4 Å². The summed E-state index contributed by atoms with van der Waals surface area (Å²) in [6.45, 7) is -1.35. The summed E-state index contributed by atoms with van der Waals surface area (Å²) in [4.78, 5) is 98.4. The monoisotopic (exact) mass is 968 g/mol. The van der Waals surface area contributed by atoms with Gasteiger partial charge < -0.3 is 104 Å². The van der Waals surface area contributed by atoms with Crippen molar-refractivity contribution in [2.75, 3.05) is 6.61 Å². The largest absolute Gasteiger partial charge is 0.504 e. The van der Waals surface area contributed by atoms with Crippen molar-refractivity contribution in [3.63, 3.8) is 0 Å². The van der Waals surface area contributed by atoms with Crippen molar-refractivity contribution in [1.29, 1.82) is 0 Å². The van der Waals surface area contributed by atoms with Gasteiger partial charge in [0.15, 0.2) is 52.5 Å². The van der Waals surface area contributed by atoms with Gasteiger partial charge in [-0.15, -0.1) is 0 Å². The van der Waals surface area contributed by atoms with Gasteiger partial charge in [0.05, 0.1) is 39.7 Å². The Kier molecular flexibility index (Phi) is 9.14. The molecule has 28 heteroatoms. The van der Waals surface area contributed by atoms with E-state index in [9.17, 15) is 99.9 Å². The third-order valence-corrected chi connectivity index (χ3v) is 12.4. The number of aromatic hydroxyl groups is 7. The van der Waals surface area contributed by atoms with Crippen LogP contribution >= 0.6 is 0 Å². The Labute approximate surface area is 378 Å². The smallest absolute Gasteiger partial charge is 0.340 e. The Balaban J connectivity index is 1.21. The number of fused-ring (bicyclic) bond motifs is 2. The molecule has 5 heterocycles. The summed E-state index contributed by atoms with van der Waals surface area (Å²) in [5, 5.41) is 142. The normalized spacial score (nSPS) is 31.2. The molecule has 0 saturated carbocycles. The van der Waals surface area contributed by atoms with E-state index in [0.717, 1.165) is 0 Å². The first-order valence-corrected chi connectivity index (χ1v) is 19.6. The molecule has 0 amide bonds. The van der Waals surface area contributed by atoms with Gasteiger partial charge in [-0.2, -0.15) is 0 Å². The number of carbonyl (C=O) groups excluding carboxylic acids is 7. The van der Waals surface area contributed by atoms with E-state index in [4.69, 9.17) is 37.9 Å². The predicted octanol–water partition coefficient (Wildman–Crippen LogP) is -3.85. The van der Waals surface area contributed by atoms with Gasteiger partial charge >= 0.3 is 41.4 Å². The maximum Gasteiger partial charge on any atom is 0.340 e. The summed E-state index contributed by atoms with van der Waals surface area (Å²) < 4.78 is 44.1. The summed E-state index contributed by atoms with van der Waals surface area (Å²) in [5.41, 5.74) is -7.33. The Hall–Kier alpha value is -8.25. The minimum absolute atomic E-state index is 0.260. The summed E-state index contributed by atoms with van der Waals surface area (Å²) >= 11 is 0. The van der Waals surface area contributed by atoms with Crippen LogP contribution in [0.15, 0.2) is 47.6 Å². The van der Waals surface area contributed by atoms with Crippen molar-refractivity contribution in [2.24, 2.45) is 0 Å². The maximum absolute atomic E-state index is 14.7. The topological polar surface area (TPSA) is 456 Å². The third-order valence-electron chi connectivity index (χ3n) is 12.4. The number of benzene rings is 3. The molecule has 8 bridgehead atoms. The first-order valence-electron chi connectivity index (χ1n) is 19.6. The van der Waals surface area contributed by atoms with Crippen LogP contribution in [0.5, 0.6) is 51.7 Å². The SMILES string of the molecule is O=C1OC[C@@H]2O[C@@H](OC(=O)c3cc(O)c(O)c(O)c3)C3OC(=O)c4cc(O)c(O)c5c4[C@@H]4C(=CC(=O)[C@@](O)(O5)C4(O)O)C(=O)O[C@H]2[C@@H]3OC(=O)c2cc(O)c(O)c3c2[C@@H]2C1=CC(=O)[C@](O)(O3)C2(O)O. The number of carbonyl (C=O) groups is 7. The highest BCUT2D eigenvalue weighted by molar-refractivity contribution is 6.10. The van der Waals surface area contributed by atoms with Crippen molar-refractivity contribution >= 4 is 41.4 Å². The number of rotatable bonds is 2. The van der Waals surface area contributed by atoms with Gasteiger partial charge in [-0.1, -0.05) is 0 Å². The second kappa shape index (κ2) is 14.1. The van der Waals surface area contributed by atoms with Crippen LogP contribution in [0.3, 0.4) is 0 Å². The zero-order valence-corrected chi connectivity index (χ0v) is 33.7. The molecule has 1 unspecified atom stereocenters. The van der Waals surface area contributed by atoms with Gasteiger partial charge in [0.1, 0.15) is 12.7 Å². The zero-order valence-electron chi connectivity index (χ0n) is 33.7. The lowest BCUT2D eigenvalue weighted by molar-refractivity contribution is -0.339. The Bertz CT molecular complexity index is 3010. The highest BCUT2D eigenvalue weighted by atomic mass is 16.8. The number of hydrogen-bond acceptors (Lipinski definition) is 28. The van der Waals surface area contributed by atoms with Crippen molar-refractivity contribution in [2.45, 2.75) is 65.7 Å². The van der Waals surface area contributed by atoms with Gasteiger partial charge in [-0.25, -0.2) is 24.0 Å². The lowest BCUT2D eigenvalue weighted by atomic mass is 9.70. The fraction of sp³-hybridized carbons (Fsp3) is 0.293. The molecule has 3 aromatic carbocycles. The minimum Gasteiger partial charge on any atom is -0.504 e. The fourth-order valence-corrected chi connectivity index (χ4v) is 9.07. The molecular weight excluding hydrogens is 940 g/mol. The Morgan fingerprint density at radius 1 is 0.551 bits per heavy atom. The highest BCUT2D eigenvalue weighted by Crippen LogP contribution is 2.60. The summed E-state index contributed by atoms with van der Waals surface area (Å²) in [6, 6.07) is 1.89. The first-order chi connectivity index (χ1) is 32.2. The predicted molar refractivity (Wildman–Crippen MR) is 201 cm³/mol. The maximum atomic E-state index is 14.7. The molecule has 69 heavy (non-hydrogen) atoms. The number of ether oxygens (including phenoxy) is 8. The van der Waals surface area contributed by atoms with Crippen molar-refractivity contribution in [1.82, 2.24) is 0 Å². The lowest BCUT2D eigenvalue weighted by Crippen LogP contribution is -2.70. The lowest BCUT2D eigenvalue weighted by Gasteiger charge is -2.49. The average Bonchev–Trinajstić information content (AvgIpc) is 3.27. The van der Waals surface area contributed by atoms with Gasteiger partial charge in [0.2, 0.25) is 35.5 Å². The van der Waals surface area contributed by atoms with Gasteiger partial charge in [0, 0.05) is 11.1 Å². The summed E-state index contributed by atoms with van der Waals surface area (Å²) in [7, 11) is 0. The van der Waals surface area contributed by atoms with E-state index < -0.39 is 204 Å². The molecule has 5 aliphatic heterocycles. The molecule has 1 fully saturated rings. The minimum atomic E-state index is -3.99. The van der Waals surface area contributed by atoms with Crippen LogP contribution in [0.1, 0.15) is 54.0 Å². The van der Waals surface area contributed by atoms with Crippen molar-refractivity contribution in [3.05, 3.63) is 75.4 Å². The number of ketones is 2. The van der Waals surface area contributed by atoms with Gasteiger partial charge in [-0.3, -0.25) is 9.59 Å². The van der Waals surface area contributed by atoms with Crippen LogP contribution in [0, 0.1) is 0 Å². The van der Waals surface area contributed by atoms with Crippen LogP contribution in [0.4, 0.5) is 0 Å². The second-order valence-electron chi connectivity index (χ2n) is 16.3. The van der Waals surface area contributed by atoms with E-state index in [1.165, 1.54) is 0 Å². The van der Waals surface area contributed by atoms with Crippen molar-refractivity contribution < 1.29 is 138 Å². The van der Waals surface area contributed by atoms with Crippen molar-refractivity contribution in [3.8, 4) is 51.7 Å². The number of cyclic esters (lactones) is 1. The molecule has 0 aromatic heterocycles. The van der Waals surface area contributed by atoms with E-state index in [1.807, 2.05) is 0 Å². The zero-order chi connectivity index (χ0) is 49.9. The molecule has 7 aliphatic rings. The Morgan fingerprint density at radius 3 is 1.48 bits per heavy atom. The van der Waals surface area contributed by atoms with Crippen LogP contribution in [-0.4, -0.2) is 168 Å². The standard InChI is InChI=1S/C41H28O28/c42-13-1-8(2-14(43)24(13)48)32(51)67-37-31-30-27(64-36(55)12-6-19(47)41(61)39(58,59)23(12)21-10(35(54)66-31)4-16(45)26(50)29(21)69-41)17(63-37)7-62-33(52)11-5-18(46)40(60)38(56,57)22(11)20-9(34(53)65-30)3-15(44)25(49)28(20)68-40/h1-6,17,22-23,27,30-31,37,42-45,48-50,56-61H,7H2/t17-,22-,23-,27+,30-,31?,37-,40-,41+/m0/s1. The second-order valence-corrected chi connectivity index (χ2v) is 16.3. The highest BCUT2D eigenvalue weighted by Gasteiger charge is 2.72. The van der Waals surface area contributed by atoms with E-state index >= 15 is 0 Å². The molecule has 2 aliphatic carbocycles. The summed E-state index contributed by atoms with van der Waals surface area (Å²) in [5.74, 6) is -44.2. The van der Waals surface area contributed by atoms with Crippen LogP contribution in [0.25, 0.3) is 0 Å². The average molecular weight is 969 g/mol. The third kappa shape index (κ3) is 5.84. The molecule has 0 spiro atoms. The molecule has 28 nitrogen and oxygen atoms in total. The first kappa shape index (κ1) is 44.6. The van der Waals surface area contributed by atoms with Crippen LogP contribution in [0.2, 0.25) is 0 Å². The molecule has 3 aromatic rings. The number of phenols is 7. The number of esters is 5. The Morgan fingerprint density at radius 2 is 0.986 bits per heavy atom.